The summed E-state index contributed by atoms with van der Waals surface area (Å²) in [5, 5.41) is 50.1. The minimum Gasteiger partial charge on any atom is -0.462 e. The van der Waals surface area contributed by atoms with Crippen molar-refractivity contribution < 1.29 is 63.1 Å². The largest absolute Gasteiger partial charge is 0.472 e. The molecule has 61 heavy (non-hydrogen) atoms. The predicted molar refractivity (Wildman–Crippen MR) is 239 cm³/mol. The van der Waals surface area contributed by atoms with E-state index in [4.69, 9.17) is 18.5 Å². The van der Waals surface area contributed by atoms with Crippen LogP contribution >= 0.6 is 7.82 Å². The van der Waals surface area contributed by atoms with Gasteiger partial charge >= 0.3 is 19.8 Å². The number of carbonyl (C=O) groups is 2. The number of hydrogen-bond acceptors (Lipinski definition) is 12. The smallest absolute Gasteiger partial charge is 0.462 e. The number of rotatable bonds is 34. The van der Waals surface area contributed by atoms with Crippen molar-refractivity contribution in [3.05, 3.63) is 97.2 Å². The van der Waals surface area contributed by atoms with Crippen molar-refractivity contribution in [2.45, 2.75) is 172 Å². The minimum atomic E-state index is -5.14. The number of allylic oxidation sites excluding steroid dienone is 16. The molecule has 1 saturated carbocycles. The molecule has 0 aromatic carbocycles. The highest BCUT2D eigenvalue weighted by molar-refractivity contribution is 7.47. The number of phosphoric acid groups is 1. The average Bonchev–Trinajstić information content (AvgIpc) is 3.24. The predicted octanol–water partition coefficient (Wildman–Crippen LogP) is 8.27. The SMILES string of the molecule is CC/C=C\C/C=C\C/C=C\C/C=C\C/C=C\CCCCCC(=O)OC(COC(=O)CCCCC/C=C\C/C=C\C/C=C\CC)COP(=O)(O)OC1C(O)C(O)C(O)C(O)C1O. The van der Waals surface area contributed by atoms with E-state index in [1.165, 1.54) is 0 Å². The minimum absolute atomic E-state index is 0.0446. The Morgan fingerprint density at radius 1 is 0.508 bits per heavy atom. The van der Waals surface area contributed by atoms with Crippen LogP contribution < -0.4 is 0 Å². The summed E-state index contributed by atoms with van der Waals surface area (Å²) in [5.41, 5.74) is 0. The Bertz CT molecular complexity index is 1430. The Labute approximate surface area is 364 Å². The molecule has 0 aliphatic heterocycles. The summed E-state index contributed by atoms with van der Waals surface area (Å²) in [7, 11) is -5.14. The van der Waals surface area contributed by atoms with Gasteiger partial charge in [0.1, 0.15) is 43.2 Å². The molecule has 0 heterocycles. The van der Waals surface area contributed by atoms with Gasteiger partial charge in [0.25, 0.3) is 0 Å². The molecule has 6 unspecified atom stereocenters. The Morgan fingerprint density at radius 3 is 1.31 bits per heavy atom. The molecule has 0 spiro atoms. The van der Waals surface area contributed by atoms with E-state index in [-0.39, 0.29) is 12.8 Å². The van der Waals surface area contributed by atoms with Crippen LogP contribution in [0.5, 0.6) is 0 Å². The Balaban J connectivity index is 2.53. The third-order valence-electron chi connectivity index (χ3n) is 9.42. The molecule has 1 fully saturated rings. The maximum Gasteiger partial charge on any atom is 0.472 e. The second kappa shape index (κ2) is 36.3. The third-order valence-corrected chi connectivity index (χ3v) is 10.4. The number of ether oxygens (including phenoxy) is 2. The van der Waals surface area contributed by atoms with E-state index >= 15 is 0 Å². The Kier molecular flexibility index (Phi) is 33.2. The first kappa shape index (κ1) is 55.8. The van der Waals surface area contributed by atoms with Crippen molar-refractivity contribution in [2.24, 2.45) is 0 Å². The molecule has 1 rings (SSSR count). The second-order valence-corrected chi connectivity index (χ2v) is 16.2. The van der Waals surface area contributed by atoms with Crippen LogP contribution in [0.4, 0.5) is 0 Å². The molecule has 0 aromatic heterocycles. The van der Waals surface area contributed by atoms with Crippen molar-refractivity contribution in [3.8, 4) is 0 Å². The van der Waals surface area contributed by atoms with Gasteiger partial charge in [0.15, 0.2) is 6.10 Å². The molecule has 346 valence electrons. The molecular weight excluding hydrogens is 803 g/mol. The molecule has 0 aromatic rings. The number of aliphatic hydroxyl groups excluding tert-OH is 5. The topological polar surface area (TPSA) is 210 Å². The number of unbranched alkanes of at least 4 members (excludes halogenated alkanes) is 6. The van der Waals surface area contributed by atoms with Crippen molar-refractivity contribution in [1.29, 1.82) is 0 Å². The first-order chi connectivity index (χ1) is 29.4. The fourth-order valence-corrected chi connectivity index (χ4v) is 6.89. The third kappa shape index (κ3) is 28.9. The number of hydrogen-bond donors (Lipinski definition) is 6. The van der Waals surface area contributed by atoms with Gasteiger partial charge in [0.05, 0.1) is 6.61 Å². The van der Waals surface area contributed by atoms with Crippen molar-refractivity contribution in [3.63, 3.8) is 0 Å². The number of esters is 2. The van der Waals surface area contributed by atoms with E-state index in [0.29, 0.717) is 12.8 Å². The van der Waals surface area contributed by atoms with E-state index in [1.54, 1.807) is 0 Å². The summed E-state index contributed by atoms with van der Waals surface area (Å²) >= 11 is 0. The van der Waals surface area contributed by atoms with Crippen LogP contribution in [0.2, 0.25) is 0 Å². The van der Waals surface area contributed by atoms with Gasteiger partial charge in [-0.1, -0.05) is 124 Å². The van der Waals surface area contributed by atoms with E-state index in [1.807, 2.05) is 0 Å². The number of phosphoric ester groups is 1. The fourth-order valence-electron chi connectivity index (χ4n) is 5.91. The lowest BCUT2D eigenvalue weighted by Gasteiger charge is -2.41. The molecule has 1 aliphatic carbocycles. The number of aliphatic hydroxyl groups is 5. The highest BCUT2D eigenvalue weighted by Crippen LogP contribution is 2.47. The fraction of sp³-hybridized carbons (Fsp3) is 0.617. The van der Waals surface area contributed by atoms with Gasteiger partial charge in [-0.15, -0.1) is 0 Å². The molecule has 6 atom stereocenters. The maximum atomic E-state index is 12.8. The zero-order valence-electron chi connectivity index (χ0n) is 36.4. The van der Waals surface area contributed by atoms with E-state index in [0.717, 1.165) is 89.9 Å². The van der Waals surface area contributed by atoms with Crippen LogP contribution in [0.1, 0.15) is 129 Å². The van der Waals surface area contributed by atoms with Crippen LogP contribution in [0.15, 0.2) is 97.2 Å². The molecule has 0 radical (unpaired) electrons. The van der Waals surface area contributed by atoms with Gasteiger partial charge in [-0.25, -0.2) is 4.57 Å². The van der Waals surface area contributed by atoms with E-state index in [2.05, 4.69) is 111 Å². The summed E-state index contributed by atoms with van der Waals surface area (Å²) in [6, 6.07) is 0. The van der Waals surface area contributed by atoms with Crippen LogP contribution in [-0.4, -0.2) is 98.3 Å². The summed E-state index contributed by atoms with van der Waals surface area (Å²) in [6.07, 6.45) is 34.7. The summed E-state index contributed by atoms with van der Waals surface area (Å²) < 4.78 is 33.4. The molecular formula is C47H75O13P. The zero-order chi connectivity index (χ0) is 45.0. The highest BCUT2D eigenvalue weighted by atomic mass is 31.2. The van der Waals surface area contributed by atoms with Crippen molar-refractivity contribution in [1.82, 2.24) is 0 Å². The summed E-state index contributed by atoms with van der Waals surface area (Å²) in [6.45, 7) is 2.99. The van der Waals surface area contributed by atoms with Crippen molar-refractivity contribution in [2.75, 3.05) is 13.2 Å². The average molecular weight is 879 g/mol. The van der Waals surface area contributed by atoms with Gasteiger partial charge in [-0.3, -0.25) is 18.6 Å². The lowest BCUT2D eigenvalue weighted by atomic mass is 9.85. The molecule has 6 N–H and O–H groups in total. The monoisotopic (exact) mass is 878 g/mol. The standard InChI is InChI=1S/C47H75O13P/c1-3-5-7-9-11-13-15-17-18-19-20-21-22-24-26-28-30-32-34-36-41(49)59-39(38-58-61(55,56)60-47-45(53)43(51)42(50)44(52)46(47)54)37-57-40(48)35-33-31-29-27-25-23-16-14-12-10-8-6-4-2/h5-8,11-14,17-18,20-21,23-26,39,42-47,50-54H,3-4,9-10,15-16,19,22,27-38H2,1-2H3,(H,55,56)/b7-5-,8-6-,13-11-,14-12-,18-17-,21-20-,25-23-,26-24-. The number of carbonyl (C=O) groups excluding carboxylic acids is 2. The second-order valence-electron chi connectivity index (χ2n) is 14.8. The maximum absolute atomic E-state index is 12.8. The van der Waals surface area contributed by atoms with Gasteiger partial charge in [-0.2, -0.15) is 0 Å². The van der Waals surface area contributed by atoms with Gasteiger partial charge in [-0.05, 0) is 89.9 Å². The molecule has 0 amide bonds. The lowest BCUT2D eigenvalue weighted by Crippen LogP contribution is -2.64. The van der Waals surface area contributed by atoms with E-state index in [9.17, 15) is 44.6 Å². The Morgan fingerprint density at radius 2 is 0.885 bits per heavy atom. The quantitative estimate of drug-likeness (QED) is 0.0156. The van der Waals surface area contributed by atoms with Crippen LogP contribution in [-0.2, 0) is 32.7 Å². The van der Waals surface area contributed by atoms with Gasteiger partial charge in [0.2, 0.25) is 0 Å². The molecule has 0 saturated heterocycles. The first-order valence-corrected chi connectivity index (χ1v) is 23.5. The molecule has 1 aliphatic rings. The summed E-state index contributed by atoms with van der Waals surface area (Å²) in [5.74, 6) is -1.18. The lowest BCUT2D eigenvalue weighted by molar-refractivity contribution is -0.220. The normalized spacial score (nSPS) is 23.0. The van der Waals surface area contributed by atoms with Crippen LogP contribution in [0.25, 0.3) is 0 Å². The van der Waals surface area contributed by atoms with Gasteiger partial charge < -0.3 is 39.9 Å². The Hall–Kier alpha value is -3.23. The van der Waals surface area contributed by atoms with Gasteiger partial charge in [0, 0.05) is 12.8 Å². The van der Waals surface area contributed by atoms with Crippen LogP contribution in [0, 0.1) is 0 Å². The van der Waals surface area contributed by atoms with Crippen LogP contribution in [0.3, 0.4) is 0 Å². The summed E-state index contributed by atoms with van der Waals surface area (Å²) in [4.78, 5) is 35.6. The van der Waals surface area contributed by atoms with E-state index < -0.39 is 75.7 Å². The molecule has 0 bridgehead atoms. The molecule has 14 heteroatoms. The highest BCUT2D eigenvalue weighted by Gasteiger charge is 2.51. The molecule has 13 nitrogen and oxygen atoms in total. The zero-order valence-corrected chi connectivity index (χ0v) is 37.3. The van der Waals surface area contributed by atoms with Crippen molar-refractivity contribution >= 4 is 19.8 Å². The first-order valence-electron chi connectivity index (χ1n) is 22.0.